The molecule has 0 saturated heterocycles. The summed E-state index contributed by atoms with van der Waals surface area (Å²) in [6, 6.07) is 0. The molecule has 0 fully saturated rings. The summed E-state index contributed by atoms with van der Waals surface area (Å²) >= 11 is 0. The van der Waals surface area contributed by atoms with Crippen molar-refractivity contribution in [2.75, 3.05) is 0 Å². The second-order valence-electron chi connectivity index (χ2n) is 4.52. The Morgan fingerprint density at radius 1 is 1.54 bits per heavy atom. The zero-order valence-electron chi connectivity index (χ0n) is 8.34. The van der Waals surface area contributed by atoms with E-state index in [9.17, 15) is 4.79 Å². The van der Waals surface area contributed by atoms with Crippen LogP contribution in [-0.2, 0) is 4.79 Å². The summed E-state index contributed by atoms with van der Waals surface area (Å²) in [5, 5.41) is 0. The van der Waals surface area contributed by atoms with Gasteiger partial charge in [0, 0.05) is 6.42 Å². The van der Waals surface area contributed by atoms with E-state index >= 15 is 0 Å². The van der Waals surface area contributed by atoms with Crippen molar-refractivity contribution in [3.8, 4) is 0 Å². The van der Waals surface area contributed by atoms with Gasteiger partial charge in [-0.25, -0.2) is 0 Å². The van der Waals surface area contributed by atoms with Gasteiger partial charge in [0.15, 0.2) is 5.78 Å². The summed E-state index contributed by atoms with van der Waals surface area (Å²) in [4.78, 5) is 11.3. The first-order valence-corrected chi connectivity index (χ1v) is 5.04. The van der Waals surface area contributed by atoms with Gasteiger partial charge >= 0.3 is 0 Å². The highest BCUT2D eigenvalue weighted by atomic mass is 16.1. The third-order valence-electron chi connectivity index (χ3n) is 3.74. The van der Waals surface area contributed by atoms with Crippen LogP contribution in [0, 0.1) is 11.3 Å². The van der Waals surface area contributed by atoms with E-state index in [1.165, 1.54) is 5.57 Å². The Labute approximate surface area is 79.5 Å². The van der Waals surface area contributed by atoms with Gasteiger partial charge in [0.25, 0.3) is 0 Å². The van der Waals surface area contributed by atoms with Crippen molar-refractivity contribution in [2.24, 2.45) is 11.3 Å². The zero-order valence-corrected chi connectivity index (χ0v) is 8.34. The minimum absolute atomic E-state index is 0.267. The minimum atomic E-state index is 0.267. The molecule has 0 aromatic rings. The summed E-state index contributed by atoms with van der Waals surface area (Å²) in [7, 11) is 0. The standard InChI is InChI=1S/C12H16O/c1-9-4-3-5-10-8-11(13)6-7-12(9,10)2/h3,5,8-9H,4,6-7H2,1-2H3/t9-,12+/m0/s1. The van der Waals surface area contributed by atoms with Crippen molar-refractivity contribution in [3.63, 3.8) is 0 Å². The van der Waals surface area contributed by atoms with E-state index in [1.54, 1.807) is 0 Å². The molecule has 2 aliphatic carbocycles. The first kappa shape index (κ1) is 8.74. The van der Waals surface area contributed by atoms with Crippen LogP contribution in [0.3, 0.4) is 0 Å². The van der Waals surface area contributed by atoms with Crippen molar-refractivity contribution < 1.29 is 4.79 Å². The highest BCUT2D eigenvalue weighted by Crippen LogP contribution is 2.47. The van der Waals surface area contributed by atoms with E-state index in [0.29, 0.717) is 11.7 Å². The topological polar surface area (TPSA) is 17.1 Å². The Balaban J connectivity index is 2.43. The smallest absolute Gasteiger partial charge is 0.156 e. The van der Waals surface area contributed by atoms with E-state index in [-0.39, 0.29) is 5.41 Å². The van der Waals surface area contributed by atoms with Crippen LogP contribution in [0.4, 0.5) is 0 Å². The maximum Gasteiger partial charge on any atom is 0.156 e. The first-order valence-electron chi connectivity index (χ1n) is 5.04. The summed E-state index contributed by atoms with van der Waals surface area (Å²) < 4.78 is 0. The number of carbonyl (C=O) groups is 1. The second-order valence-corrected chi connectivity index (χ2v) is 4.52. The lowest BCUT2D eigenvalue weighted by molar-refractivity contribution is -0.115. The predicted octanol–water partition coefficient (Wildman–Crippen LogP) is 2.88. The fourth-order valence-electron chi connectivity index (χ4n) is 2.37. The molecule has 1 heteroatoms. The average Bonchev–Trinajstić information content (AvgIpc) is 2.09. The van der Waals surface area contributed by atoms with Crippen LogP contribution in [0.25, 0.3) is 0 Å². The molecule has 0 aliphatic heterocycles. The molecule has 0 spiro atoms. The van der Waals surface area contributed by atoms with Crippen LogP contribution in [-0.4, -0.2) is 5.78 Å². The van der Waals surface area contributed by atoms with Crippen molar-refractivity contribution in [3.05, 3.63) is 23.8 Å². The average molecular weight is 176 g/mol. The Bertz CT molecular complexity index is 298. The number of fused-ring (bicyclic) bond motifs is 1. The number of rotatable bonds is 0. The molecule has 0 amide bonds. The number of hydrogen-bond acceptors (Lipinski definition) is 1. The largest absolute Gasteiger partial charge is 0.295 e. The van der Waals surface area contributed by atoms with Crippen LogP contribution in [0.5, 0.6) is 0 Å². The molecule has 2 atom stereocenters. The van der Waals surface area contributed by atoms with Gasteiger partial charge in [-0.15, -0.1) is 0 Å². The molecule has 1 nitrogen and oxygen atoms in total. The summed E-state index contributed by atoms with van der Waals surface area (Å²) in [6.07, 6.45) is 9.09. The Hall–Kier alpha value is -0.850. The van der Waals surface area contributed by atoms with Crippen molar-refractivity contribution in [1.82, 2.24) is 0 Å². The molecule has 0 unspecified atom stereocenters. The van der Waals surface area contributed by atoms with Crippen LogP contribution in [0.1, 0.15) is 33.1 Å². The van der Waals surface area contributed by atoms with E-state index < -0.39 is 0 Å². The molecule has 0 aromatic heterocycles. The van der Waals surface area contributed by atoms with Gasteiger partial charge in [-0.3, -0.25) is 4.79 Å². The van der Waals surface area contributed by atoms with Crippen molar-refractivity contribution >= 4 is 5.78 Å². The molecule has 0 heterocycles. The summed E-state index contributed by atoms with van der Waals surface area (Å²) in [5.41, 5.74) is 1.52. The van der Waals surface area contributed by atoms with Gasteiger partial charge in [-0.05, 0) is 35.8 Å². The lowest BCUT2D eigenvalue weighted by Crippen LogP contribution is -2.33. The Kier molecular flexibility index (Phi) is 1.90. The number of ketones is 1. The molecule has 0 bridgehead atoms. The third-order valence-corrected chi connectivity index (χ3v) is 3.74. The van der Waals surface area contributed by atoms with E-state index in [0.717, 1.165) is 19.3 Å². The lowest BCUT2D eigenvalue weighted by Gasteiger charge is -2.41. The van der Waals surface area contributed by atoms with Gasteiger partial charge in [-0.2, -0.15) is 0 Å². The van der Waals surface area contributed by atoms with Gasteiger partial charge in [0.05, 0.1) is 0 Å². The summed E-state index contributed by atoms with van der Waals surface area (Å²) in [6.45, 7) is 4.58. The lowest BCUT2D eigenvalue weighted by atomic mass is 9.63. The van der Waals surface area contributed by atoms with Crippen LogP contribution < -0.4 is 0 Å². The van der Waals surface area contributed by atoms with E-state index in [4.69, 9.17) is 0 Å². The Morgan fingerprint density at radius 3 is 3.08 bits per heavy atom. The summed E-state index contributed by atoms with van der Waals surface area (Å²) in [5.74, 6) is 0.975. The predicted molar refractivity (Wildman–Crippen MR) is 53.4 cm³/mol. The maximum atomic E-state index is 11.3. The number of allylic oxidation sites excluding steroid dienone is 4. The van der Waals surface area contributed by atoms with Crippen molar-refractivity contribution in [1.29, 1.82) is 0 Å². The van der Waals surface area contributed by atoms with Gasteiger partial charge in [0.2, 0.25) is 0 Å². The molecular formula is C12H16O. The van der Waals surface area contributed by atoms with Crippen LogP contribution >= 0.6 is 0 Å². The van der Waals surface area contributed by atoms with Crippen LogP contribution in [0.15, 0.2) is 23.8 Å². The molecule has 0 N–H and O–H groups in total. The zero-order chi connectivity index (χ0) is 9.47. The van der Waals surface area contributed by atoms with E-state index in [2.05, 4.69) is 26.0 Å². The molecule has 2 rings (SSSR count). The minimum Gasteiger partial charge on any atom is -0.295 e. The monoisotopic (exact) mass is 176 g/mol. The quantitative estimate of drug-likeness (QED) is 0.554. The number of hydrogen-bond donors (Lipinski definition) is 0. The SMILES string of the molecule is C[C@H]1CC=CC2=CC(=O)CC[C@@]21C. The molecule has 0 saturated carbocycles. The molecule has 2 aliphatic rings. The Morgan fingerprint density at radius 2 is 2.31 bits per heavy atom. The first-order chi connectivity index (χ1) is 6.13. The molecule has 0 aromatic carbocycles. The molecule has 0 radical (unpaired) electrons. The fourth-order valence-corrected chi connectivity index (χ4v) is 2.37. The van der Waals surface area contributed by atoms with Gasteiger partial charge < -0.3 is 0 Å². The highest BCUT2D eigenvalue weighted by molar-refractivity contribution is 5.92. The second kappa shape index (κ2) is 2.83. The van der Waals surface area contributed by atoms with Gasteiger partial charge in [0.1, 0.15) is 0 Å². The molecular weight excluding hydrogens is 160 g/mol. The van der Waals surface area contributed by atoms with Crippen molar-refractivity contribution in [2.45, 2.75) is 33.1 Å². The van der Waals surface area contributed by atoms with Crippen LogP contribution in [0.2, 0.25) is 0 Å². The van der Waals surface area contributed by atoms with Gasteiger partial charge in [-0.1, -0.05) is 26.0 Å². The molecule has 70 valence electrons. The van der Waals surface area contributed by atoms with E-state index in [1.807, 2.05) is 6.08 Å². The normalized spacial score (nSPS) is 38.5. The number of carbonyl (C=O) groups excluding carboxylic acids is 1. The molecule has 13 heavy (non-hydrogen) atoms. The fraction of sp³-hybridized carbons (Fsp3) is 0.583. The highest BCUT2D eigenvalue weighted by Gasteiger charge is 2.38. The maximum absolute atomic E-state index is 11.3. The third kappa shape index (κ3) is 1.27.